The molecule has 9 heteroatoms. The molecule has 1 aliphatic heterocycles. The maximum absolute atomic E-state index is 11.2. The van der Waals surface area contributed by atoms with E-state index < -0.39 is 14.8 Å². The van der Waals surface area contributed by atoms with Crippen LogP contribution in [0.15, 0.2) is 12.4 Å². The van der Waals surface area contributed by atoms with Gasteiger partial charge in [0.05, 0.1) is 16.4 Å². The monoisotopic (exact) mass is 258 g/mol. The lowest BCUT2D eigenvalue weighted by atomic mass is 10.3. The Morgan fingerprint density at radius 1 is 1.41 bits per heavy atom. The Labute approximate surface area is 97.2 Å². The van der Waals surface area contributed by atoms with E-state index in [0.29, 0.717) is 6.42 Å². The summed E-state index contributed by atoms with van der Waals surface area (Å²) in [5, 5.41) is 13.2. The number of hydrogen-bond donors (Lipinski definition) is 1. The van der Waals surface area contributed by atoms with Crippen LogP contribution in [-0.2, 0) is 9.84 Å². The van der Waals surface area contributed by atoms with Gasteiger partial charge in [-0.1, -0.05) is 0 Å². The molecule has 0 spiro atoms. The van der Waals surface area contributed by atoms with E-state index in [1.165, 1.54) is 0 Å². The zero-order valence-corrected chi connectivity index (χ0v) is 9.55. The van der Waals surface area contributed by atoms with E-state index in [-0.39, 0.29) is 29.2 Å². The average Bonchev–Trinajstić information content (AvgIpc) is 2.59. The van der Waals surface area contributed by atoms with Crippen LogP contribution in [0, 0.1) is 10.1 Å². The number of aromatic nitrogens is 2. The van der Waals surface area contributed by atoms with Gasteiger partial charge in [-0.3, -0.25) is 10.1 Å². The number of nitrogens with one attached hydrogen (secondary N) is 1. The normalized spacial score (nSPS) is 22.2. The van der Waals surface area contributed by atoms with Gasteiger partial charge in [0.1, 0.15) is 12.4 Å². The standard InChI is InChI=1S/C8H10N4O4S/c13-12(14)7-3-9-8(10-4-7)11-6-1-2-17(15,16)5-6/h3-4,6H,1-2,5H2,(H,9,10,11). The Balaban J connectivity index is 2.03. The van der Waals surface area contributed by atoms with Crippen LogP contribution in [-0.4, -0.2) is 40.9 Å². The summed E-state index contributed by atoms with van der Waals surface area (Å²) in [5.41, 5.74) is -0.199. The van der Waals surface area contributed by atoms with Crippen LogP contribution in [0.1, 0.15) is 6.42 Å². The highest BCUT2D eigenvalue weighted by Gasteiger charge is 2.28. The summed E-state index contributed by atoms with van der Waals surface area (Å²) >= 11 is 0. The highest BCUT2D eigenvalue weighted by atomic mass is 32.2. The minimum atomic E-state index is -2.96. The van der Waals surface area contributed by atoms with E-state index in [1.54, 1.807) is 0 Å². The molecule has 1 unspecified atom stereocenters. The summed E-state index contributed by atoms with van der Waals surface area (Å²) in [6, 6.07) is -0.221. The van der Waals surface area contributed by atoms with E-state index in [2.05, 4.69) is 15.3 Å². The predicted octanol–water partition coefficient (Wildman–Crippen LogP) is -0.0162. The van der Waals surface area contributed by atoms with Crippen molar-refractivity contribution >= 4 is 21.5 Å². The van der Waals surface area contributed by atoms with Crippen molar-refractivity contribution in [1.29, 1.82) is 0 Å². The maximum Gasteiger partial charge on any atom is 0.305 e. The quantitative estimate of drug-likeness (QED) is 0.598. The summed E-state index contributed by atoms with van der Waals surface area (Å²) in [6.07, 6.45) is 2.67. The van der Waals surface area contributed by atoms with Crippen molar-refractivity contribution < 1.29 is 13.3 Å². The second-order valence-electron chi connectivity index (χ2n) is 3.77. The van der Waals surface area contributed by atoms with E-state index in [1.807, 2.05) is 0 Å². The van der Waals surface area contributed by atoms with Gasteiger partial charge in [-0.05, 0) is 6.42 Å². The highest BCUT2D eigenvalue weighted by Crippen LogP contribution is 2.15. The minimum Gasteiger partial charge on any atom is -0.350 e. The molecule has 1 atom stereocenters. The number of anilines is 1. The first-order valence-corrected chi connectivity index (χ1v) is 6.72. The van der Waals surface area contributed by atoms with Crippen LogP contribution in [0.25, 0.3) is 0 Å². The molecule has 2 rings (SSSR count). The van der Waals surface area contributed by atoms with Crippen molar-refractivity contribution in [2.24, 2.45) is 0 Å². The van der Waals surface area contributed by atoms with E-state index in [4.69, 9.17) is 0 Å². The van der Waals surface area contributed by atoms with E-state index in [0.717, 1.165) is 12.4 Å². The first kappa shape index (κ1) is 11.7. The SMILES string of the molecule is O=[N+]([O-])c1cnc(NC2CCS(=O)(=O)C2)nc1. The lowest BCUT2D eigenvalue weighted by Gasteiger charge is -2.09. The fraction of sp³-hybridized carbons (Fsp3) is 0.500. The number of rotatable bonds is 3. The van der Waals surface area contributed by atoms with E-state index >= 15 is 0 Å². The van der Waals surface area contributed by atoms with Gasteiger partial charge >= 0.3 is 5.69 Å². The summed E-state index contributed by atoms with van der Waals surface area (Å²) in [4.78, 5) is 17.3. The highest BCUT2D eigenvalue weighted by molar-refractivity contribution is 7.91. The molecule has 17 heavy (non-hydrogen) atoms. The average molecular weight is 258 g/mol. The number of sulfone groups is 1. The first-order chi connectivity index (χ1) is 7.96. The van der Waals surface area contributed by atoms with Crippen molar-refractivity contribution in [3.63, 3.8) is 0 Å². The lowest BCUT2D eigenvalue weighted by molar-refractivity contribution is -0.385. The zero-order valence-electron chi connectivity index (χ0n) is 8.74. The molecule has 0 bridgehead atoms. The number of hydrogen-bond acceptors (Lipinski definition) is 7. The largest absolute Gasteiger partial charge is 0.350 e. The molecule has 2 heterocycles. The third kappa shape index (κ3) is 2.87. The lowest BCUT2D eigenvalue weighted by Crippen LogP contribution is -2.21. The third-order valence-electron chi connectivity index (χ3n) is 2.41. The topological polar surface area (TPSA) is 115 Å². The van der Waals surface area contributed by atoms with Crippen LogP contribution >= 0.6 is 0 Å². The molecule has 0 aromatic carbocycles. The predicted molar refractivity (Wildman–Crippen MR) is 59.4 cm³/mol. The van der Waals surface area contributed by atoms with Crippen LogP contribution in [0.4, 0.5) is 11.6 Å². The molecular formula is C8H10N4O4S. The zero-order chi connectivity index (χ0) is 12.5. The van der Waals surface area contributed by atoms with Crippen molar-refractivity contribution in [2.45, 2.75) is 12.5 Å². The fourth-order valence-electron chi connectivity index (χ4n) is 1.58. The van der Waals surface area contributed by atoms with Gasteiger partial charge in [-0.25, -0.2) is 18.4 Å². The summed E-state index contributed by atoms with van der Waals surface area (Å²) in [5.74, 6) is 0.406. The molecule has 1 aromatic rings. The Kier molecular flexibility index (Phi) is 2.92. The van der Waals surface area contributed by atoms with Gasteiger partial charge in [-0.2, -0.15) is 0 Å². The number of nitro groups is 1. The molecule has 92 valence electrons. The minimum absolute atomic E-state index is 0.0490. The molecule has 1 N–H and O–H groups in total. The Morgan fingerprint density at radius 3 is 2.53 bits per heavy atom. The molecular weight excluding hydrogens is 248 g/mol. The Morgan fingerprint density at radius 2 is 2.06 bits per heavy atom. The third-order valence-corrected chi connectivity index (χ3v) is 4.18. The van der Waals surface area contributed by atoms with Gasteiger partial charge in [0.15, 0.2) is 9.84 Å². The summed E-state index contributed by atoms with van der Waals surface area (Å²) < 4.78 is 22.4. The van der Waals surface area contributed by atoms with Crippen LogP contribution in [0.5, 0.6) is 0 Å². The van der Waals surface area contributed by atoms with Gasteiger partial charge in [-0.15, -0.1) is 0 Å². The smallest absolute Gasteiger partial charge is 0.305 e. The van der Waals surface area contributed by atoms with Gasteiger partial charge in [0.25, 0.3) is 0 Å². The molecule has 1 fully saturated rings. The molecule has 0 saturated carbocycles. The van der Waals surface area contributed by atoms with Crippen molar-refractivity contribution in [1.82, 2.24) is 9.97 Å². The van der Waals surface area contributed by atoms with Gasteiger partial charge in [0.2, 0.25) is 5.95 Å². The fourth-order valence-corrected chi connectivity index (χ4v) is 3.25. The van der Waals surface area contributed by atoms with Crippen LogP contribution in [0.2, 0.25) is 0 Å². The second-order valence-corrected chi connectivity index (χ2v) is 5.99. The van der Waals surface area contributed by atoms with Gasteiger partial charge in [0, 0.05) is 6.04 Å². The van der Waals surface area contributed by atoms with Crippen molar-refractivity contribution in [3.8, 4) is 0 Å². The molecule has 0 radical (unpaired) electrons. The van der Waals surface area contributed by atoms with Crippen LogP contribution in [0.3, 0.4) is 0 Å². The molecule has 0 aliphatic carbocycles. The molecule has 0 amide bonds. The summed E-state index contributed by atoms with van der Waals surface area (Å²) in [6.45, 7) is 0. The van der Waals surface area contributed by atoms with Crippen LogP contribution < -0.4 is 5.32 Å². The maximum atomic E-state index is 11.2. The Bertz CT molecular complexity index is 527. The molecule has 1 aromatic heterocycles. The summed E-state index contributed by atoms with van der Waals surface area (Å²) in [7, 11) is -2.96. The molecule has 1 aliphatic rings. The molecule has 8 nitrogen and oxygen atoms in total. The first-order valence-electron chi connectivity index (χ1n) is 4.90. The Hall–Kier alpha value is -1.77. The number of nitrogens with zero attached hydrogens (tertiary/aromatic N) is 3. The van der Waals surface area contributed by atoms with Crippen molar-refractivity contribution in [2.75, 3.05) is 16.8 Å². The van der Waals surface area contributed by atoms with E-state index in [9.17, 15) is 18.5 Å². The molecule has 1 saturated heterocycles. The van der Waals surface area contributed by atoms with Gasteiger partial charge < -0.3 is 5.32 Å². The van der Waals surface area contributed by atoms with Crippen molar-refractivity contribution in [3.05, 3.63) is 22.5 Å². The second kappa shape index (κ2) is 4.24.